The van der Waals surface area contributed by atoms with Crippen LogP contribution in [0, 0.1) is 11.8 Å². The minimum atomic E-state index is -1.03. The van der Waals surface area contributed by atoms with Crippen LogP contribution in [0.15, 0.2) is 0 Å². The predicted octanol–water partition coefficient (Wildman–Crippen LogP) is 0.636. The number of halogens is 1. The van der Waals surface area contributed by atoms with Crippen molar-refractivity contribution in [2.24, 2.45) is 11.8 Å². The maximum atomic E-state index is 11.9. The number of alkyl halides is 1. The maximum absolute atomic E-state index is 11.9. The van der Waals surface area contributed by atoms with Crippen molar-refractivity contribution in [2.45, 2.75) is 30.7 Å². The molecule has 2 N–H and O–H groups in total. The first-order valence-electron chi connectivity index (χ1n) is 5.23. The van der Waals surface area contributed by atoms with Gasteiger partial charge in [0.1, 0.15) is 5.92 Å². The molecule has 84 valence electrons. The highest BCUT2D eigenvalue weighted by molar-refractivity contribution is 6.20. The van der Waals surface area contributed by atoms with Crippen molar-refractivity contribution in [1.29, 1.82) is 0 Å². The number of ketones is 1. The molecule has 2 fully saturated rings. The van der Waals surface area contributed by atoms with Crippen LogP contribution >= 0.6 is 11.6 Å². The number of aliphatic carboxylic acids is 1. The zero-order chi connectivity index (χ0) is 11.0. The Balaban J connectivity index is 2.11. The number of carbonyl (C=O) groups excluding carboxylic acids is 1. The molecule has 1 aliphatic heterocycles. The number of hydrogen-bond donors (Lipinski definition) is 2. The fourth-order valence-corrected chi connectivity index (χ4v) is 2.83. The standard InChI is InChI=1S/C10H14ClNO3/c11-5-1-2-8-6(3-5)9(13)7(4-12-8)10(14)15/h5-8,12H,1-4H2,(H,14,15). The Morgan fingerprint density at radius 3 is 2.87 bits per heavy atom. The van der Waals surface area contributed by atoms with E-state index in [4.69, 9.17) is 16.7 Å². The average molecular weight is 232 g/mol. The molecule has 0 aromatic carbocycles. The van der Waals surface area contributed by atoms with Crippen LogP contribution in [-0.2, 0) is 9.59 Å². The number of carboxylic acids is 1. The molecule has 1 aliphatic carbocycles. The van der Waals surface area contributed by atoms with Gasteiger partial charge in [-0.15, -0.1) is 11.6 Å². The maximum Gasteiger partial charge on any atom is 0.315 e. The van der Waals surface area contributed by atoms with Crippen LogP contribution in [0.25, 0.3) is 0 Å². The van der Waals surface area contributed by atoms with Crippen molar-refractivity contribution < 1.29 is 14.7 Å². The Morgan fingerprint density at radius 2 is 2.20 bits per heavy atom. The van der Waals surface area contributed by atoms with Gasteiger partial charge in [-0.2, -0.15) is 0 Å². The number of hydrogen-bond acceptors (Lipinski definition) is 3. The molecule has 0 spiro atoms. The molecule has 15 heavy (non-hydrogen) atoms. The van der Waals surface area contributed by atoms with Crippen LogP contribution < -0.4 is 5.32 Å². The summed E-state index contributed by atoms with van der Waals surface area (Å²) in [6.07, 6.45) is 2.39. The van der Waals surface area contributed by atoms with Crippen LogP contribution in [0.1, 0.15) is 19.3 Å². The lowest BCUT2D eigenvalue weighted by atomic mass is 9.75. The predicted molar refractivity (Wildman–Crippen MR) is 54.9 cm³/mol. The first-order chi connectivity index (χ1) is 7.09. The quantitative estimate of drug-likeness (QED) is 0.513. The highest BCUT2D eigenvalue weighted by Gasteiger charge is 2.43. The SMILES string of the molecule is O=C(O)C1CNC2CCC(Cl)CC2C1=O. The molecule has 0 radical (unpaired) electrons. The summed E-state index contributed by atoms with van der Waals surface area (Å²) in [5, 5.41) is 12.0. The topological polar surface area (TPSA) is 66.4 Å². The van der Waals surface area contributed by atoms with Gasteiger partial charge in [0, 0.05) is 23.9 Å². The Morgan fingerprint density at radius 1 is 1.47 bits per heavy atom. The van der Waals surface area contributed by atoms with E-state index in [0.29, 0.717) is 6.42 Å². The molecule has 1 saturated heterocycles. The van der Waals surface area contributed by atoms with E-state index in [2.05, 4.69) is 5.32 Å². The summed E-state index contributed by atoms with van der Waals surface area (Å²) in [5.41, 5.74) is 0. The minimum absolute atomic E-state index is 0.0181. The monoisotopic (exact) mass is 231 g/mol. The molecule has 1 saturated carbocycles. The molecule has 5 heteroatoms. The number of piperidine rings is 1. The number of fused-ring (bicyclic) bond motifs is 1. The zero-order valence-corrected chi connectivity index (χ0v) is 9.04. The van der Waals surface area contributed by atoms with Crippen LogP contribution in [0.3, 0.4) is 0 Å². The summed E-state index contributed by atoms with van der Waals surface area (Å²) in [5.74, 6) is -2.25. The van der Waals surface area contributed by atoms with E-state index in [1.54, 1.807) is 0 Å². The highest BCUT2D eigenvalue weighted by atomic mass is 35.5. The molecular weight excluding hydrogens is 218 g/mol. The van der Waals surface area contributed by atoms with Crippen molar-refractivity contribution in [3.63, 3.8) is 0 Å². The van der Waals surface area contributed by atoms with Crippen LogP contribution in [0.5, 0.6) is 0 Å². The Kier molecular flexibility index (Phi) is 2.98. The van der Waals surface area contributed by atoms with E-state index in [1.807, 2.05) is 0 Å². The number of carbonyl (C=O) groups is 2. The molecule has 4 nitrogen and oxygen atoms in total. The molecule has 1 heterocycles. The second kappa shape index (κ2) is 4.10. The Hall–Kier alpha value is -0.610. The van der Waals surface area contributed by atoms with E-state index in [0.717, 1.165) is 12.8 Å². The van der Waals surface area contributed by atoms with Gasteiger partial charge in [0.05, 0.1) is 0 Å². The largest absolute Gasteiger partial charge is 0.481 e. The summed E-state index contributed by atoms with van der Waals surface area (Å²) >= 11 is 6.00. The number of Topliss-reactive ketones (excluding diaryl/α,β-unsaturated/α-hetero) is 1. The molecule has 4 atom stereocenters. The lowest BCUT2D eigenvalue weighted by molar-refractivity contribution is -0.149. The van der Waals surface area contributed by atoms with Crippen molar-refractivity contribution in [3.05, 3.63) is 0 Å². The van der Waals surface area contributed by atoms with Gasteiger partial charge in [0.2, 0.25) is 0 Å². The minimum Gasteiger partial charge on any atom is -0.481 e. The van der Waals surface area contributed by atoms with Gasteiger partial charge in [0.15, 0.2) is 5.78 Å². The van der Waals surface area contributed by atoms with Gasteiger partial charge in [0.25, 0.3) is 0 Å². The third-order valence-corrected chi connectivity index (χ3v) is 3.77. The van der Waals surface area contributed by atoms with E-state index in [1.165, 1.54) is 0 Å². The smallest absolute Gasteiger partial charge is 0.315 e. The van der Waals surface area contributed by atoms with Crippen molar-refractivity contribution >= 4 is 23.4 Å². The molecule has 2 rings (SSSR count). The normalized spacial score (nSPS) is 41.0. The zero-order valence-electron chi connectivity index (χ0n) is 8.28. The van der Waals surface area contributed by atoms with E-state index < -0.39 is 11.9 Å². The van der Waals surface area contributed by atoms with Gasteiger partial charge in [-0.3, -0.25) is 9.59 Å². The summed E-state index contributed by atoms with van der Waals surface area (Å²) in [6.45, 7) is 0.266. The summed E-state index contributed by atoms with van der Waals surface area (Å²) in [4.78, 5) is 22.7. The molecule has 0 aromatic rings. The lowest BCUT2D eigenvalue weighted by Crippen LogP contribution is -2.55. The van der Waals surface area contributed by atoms with Crippen molar-refractivity contribution in [1.82, 2.24) is 5.32 Å². The van der Waals surface area contributed by atoms with Gasteiger partial charge >= 0.3 is 5.97 Å². The second-order valence-corrected chi connectivity index (χ2v) is 4.94. The molecular formula is C10H14ClNO3. The third kappa shape index (κ3) is 2.01. The first kappa shape index (κ1) is 10.9. The van der Waals surface area contributed by atoms with Crippen molar-refractivity contribution in [2.75, 3.05) is 6.54 Å². The van der Waals surface area contributed by atoms with Crippen LogP contribution in [-0.4, -0.2) is 34.8 Å². The summed E-state index contributed by atoms with van der Waals surface area (Å²) < 4.78 is 0. The summed E-state index contributed by atoms with van der Waals surface area (Å²) in [7, 11) is 0. The van der Waals surface area contributed by atoms with Gasteiger partial charge in [-0.05, 0) is 19.3 Å². The van der Waals surface area contributed by atoms with Gasteiger partial charge < -0.3 is 10.4 Å². The lowest BCUT2D eigenvalue weighted by Gasteiger charge is -2.39. The number of carboxylic acid groups (broad SMARTS) is 1. The van der Waals surface area contributed by atoms with E-state index in [-0.39, 0.29) is 29.7 Å². The van der Waals surface area contributed by atoms with E-state index >= 15 is 0 Å². The molecule has 4 unspecified atom stereocenters. The van der Waals surface area contributed by atoms with Crippen LogP contribution in [0.2, 0.25) is 0 Å². The molecule has 0 amide bonds. The second-order valence-electron chi connectivity index (χ2n) is 4.32. The van der Waals surface area contributed by atoms with Gasteiger partial charge in [-0.25, -0.2) is 0 Å². The summed E-state index contributed by atoms with van der Waals surface area (Å²) in [6, 6.07) is 0.142. The van der Waals surface area contributed by atoms with Crippen LogP contribution in [0.4, 0.5) is 0 Å². The highest BCUT2D eigenvalue weighted by Crippen LogP contribution is 2.33. The van der Waals surface area contributed by atoms with Crippen molar-refractivity contribution in [3.8, 4) is 0 Å². The molecule has 0 bridgehead atoms. The fraction of sp³-hybridized carbons (Fsp3) is 0.800. The average Bonchev–Trinajstić information content (AvgIpc) is 2.19. The number of nitrogens with one attached hydrogen (secondary N) is 1. The van der Waals surface area contributed by atoms with E-state index in [9.17, 15) is 9.59 Å². The fourth-order valence-electron chi connectivity index (χ4n) is 2.52. The first-order valence-corrected chi connectivity index (χ1v) is 5.67. The Bertz CT molecular complexity index is 294. The molecule has 2 aliphatic rings. The third-order valence-electron chi connectivity index (χ3n) is 3.38. The van der Waals surface area contributed by atoms with Gasteiger partial charge in [-0.1, -0.05) is 0 Å². The molecule has 0 aromatic heterocycles. The Labute approximate surface area is 93.0 Å². The number of rotatable bonds is 1.